The lowest BCUT2D eigenvalue weighted by Crippen LogP contribution is -2.31. The quantitative estimate of drug-likeness (QED) is 0.308. The number of halogens is 3. The summed E-state index contributed by atoms with van der Waals surface area (Å²) in [6, 6.07) is 9.39. The lowest BCUT2D eigenvalue weighted by molar-refractivity contribution is 0.411. The average Bonchev–Trinajstić information content (AvgIpc) is 3.53. The molecule has 3 aromatic rings. The van der Waals surface area contributed by atoms with Gasteiger partial charge in [-0.3, -0.25) is 0 Å². The van der Waals surface area contributed by atoms with E-state index in [4.69, 9.17) is 26.4 Å². The van der Waals surface area contributed by atoms with Crippen LogP contribution in [0.5, 0.6) is 5.75 Å². The van der Waals surface area contributed by atoms with Crippen molar-refractivity contribution in [1.82, 2.24) is 14.8 Å². The lowest BCUT2D eigenvalue weighted by atomic mass is 9.98. The third-order valence-electron chi connectivity index (χ3n) is 6.38. The van der Waals surface area contributed by atoms with Gasteiger partial charge in [0, 0.05) is 12.6 Å². The smallest absolute Gasteiger partial charge is 0.245 e. The fraction of sp³-hybridized carbons (Fsp3) is 0.462. The van der Waals surface area contributed by atoms with Crippen molar-refractivity contribution in [2.75, 3.05) is 18.6 Å². The van der Waals surface area contributed by atoms with E-state index in [1.165, 1.54) is 12.8 Å². The minimum absolute atomic E-state index is 0. The van der Waals surface area contributed by atoms with Gasteiger partial charge in [-0.05, 0) is 68.4 Å². The first-order valence-electron chi connectivity index (χ1n) is 11.6. The largest absolute Gasteiger partial charge is 0.496 e. The molecule has 0 saturated heterocycles. The zero-order valence-electron chi connectivity index (χ0n) is 20.4. The van der Waals surface area contributed by atoms with E-state index < -0.39 is 0 Å². The Morgan fingerprint density at radius 2 is 1.91 bits per heavy atom. The second kappa shape index (κ2) is 11.0. The average molecular weight is 507 g/mol. The standard InChI is InChI=1S/C26H32ClFN4O.ClH/c1-6-11-31(23(13-19-8-9-19)20-10-7-16(2)22(28)14-20)26-29-18(4)32(30-26)24-12-17(3)25(33-5)15-21(24)27;/h7,10,12,14-15,19,23H,6,8-9,11,13H2,1-5H3;1H/t23-;/m0./s1. The van der Waals surface area contributed by atoms with Crippen LogP contribution in [0.3, 0.4) is 0 Å². The predicted octanol–water partition coefficient (Wildman–Crippen LogP) is 7.17. The Morgan fingerprint density at radius 1 is 1.18 bits per heavy atom. The van der Waals surface area contributed by atoms with Gasteiger partial charge in [0.2, 0.25) is 5.95 Å². The third kappa shape index (κ3) is 5.49. The Kier molecular flexibility index (Phi) is 8.47. The van der Waals surface area contributed by atoms with E-state index in [-0.39, 0.29) is 24.3 Å². The molecule has 1 aliphatic carbocycles. The van der Waals surface area contributed by atoms with Crippen molar-refractivity contribution in [3.63, 3.8) is 0 Å². The first-order chi connectivity index (χ1) is 15.8. The second-order valence-electron chi connectivity index (χ2n) is 9.04. The van der Waals surface area contributed by atoms with Gasteiger partial charge >= 0.3 is 0 Å². The van der Waals surface area contributed by atoms with Crippen LogP contribution < -0.4 is 9.64 Å². The summed E-state index contributed by atoms with van der Waals surface area (Å²) >= 11 is 6.58. The maximum absolute atomic E-state index is 14.5. The molecule has 0 amide bonds. The van der Waals surface area contributed by atoms with Crippen molar-refractivity contribution >= 4 is 30.0 Å². The van der Waals surface area contributed by atoms with Crippen molar-refractivity contribution in [1.29, 1.82) is 0 Å². The summed E-state index contributed by atoms with van der Waals surface area (Å²) in [5.41, 5.74) is 3.38. The van der Waals surface area contributed by atoms with Crippen LogP contribution >= 0.6 is 24.0 Å². The molecule has 1 fully saturated rings. The molecule has 1 heterocycles. The minimum Gasteiger partial charge on any atom is -0.496 e. The van der Waals surface area contributed by atoms with Crippen molar-refractivity contribution in [3.05, 3.63) is 63.7 Å². The van der Waals surface area contributed by atoms with Crippen molar-refractivity contribution in [3.8, 4) is 11.4 Å². The highest BCUT2D eigenvalue weighted by Crippen LogP contribution is 2.41. The highest BCUT2D eigenvalue weighted by molar-refractivity contribution is 6.32. The molecule has 8 heteroatoms. The Labute approximate surface area is 212 Å². The maximum atomic E-state index is 14.5. The van der Waals surface area contributed by atoms with Crippen molar-refractivity contribution in [2.24, 2.45) is 5.92 Å². The number of aryl methyl sites for hydroxylation is 3. The van der Waals surface area contributed by atoms with Crippen LogP contribution in [0.2, 0.25) is 5.02 Å². The molecule has 4 rings (SSSR count). The summed E-state index contributed by atoms with van der Waals surface area (Å²) in [4.78, 5) is 7.06. The molecule has 34 heavy (non-hydrogen) atoms. The molecule has 5 nitrogen and oxygen atoms in total. The van der Waals surface area contributed by atoms with E-state index in [9.17, 15) is 4.39 Å². The summed E-state index contributed by atoms with van der Waals surface area (Å²) in [7, 11) is 1.63. The fourth-order valence-electron chi connectivity index (χ4n) is 4.32. The van der Waals surface area contributed by atoms with E-state index in [0.717, 1.165) is 47.8 Å². The molecule has 1 aliphatic rings. The Morgan fingerprint density at radius 3 is 2.53 bits per heavy atom. The molecule has 0 aliphatic heterocycles. The van der Waals surface area contributed by atoms with E-state index in [1.807, 2.05) is 38.1 Å². The van der Waals surface area contributed by atoms with Gasteiger partial charge in [0.25, 0.3) is 0 Å². The molecule has 0 spiro atoms. The zero-order valence-corrected chi connectivity index (χ0v) is 22.0. The van der Waals surface area contributed by atoms with Gasteiger partial charge in [-0.15, -0.1) is 17.5 Å². The monoisotopic (exact) mass is 506 g/mol. The van der Waals surface area contributed by atoms with Crippen LogP contribution in [0.15, 0.2) is 30.3 Å². The van der Waals surface area contributed by atoms with E-state index >= 15 is 0 Å². The van der Waals surface area contributed by atoms with Gasteiger partial charge < -0.3 is 9.64 Å². The number of nitrogens with zero attached hydrogens (tertiary/aromatic N) is 4. The normalized spacial score (nSPS) is 14.0. The Hall–Kier alpha value is -2.31. The van der Waals surface area contributed by atoms with Crippen LogP contribution in [0.25, 0.3) is 5.69 Å². The van der Waals surface area contributed by atoms with Gasteiger partial charge in [-0.1, -0.05) is 43.5 Å². The van der Waals surface area contributed by atoms with E-state index in [0.29, 0.717) is 22.5 Å². The summed E-state index contributed by atoms with van der Waals surface area (Å²) in [5.74, 6) is 2.63. The first-order valence-corrected chi connectivity index (χ1v) is 12.0. The number of hydrogen-bond acceptors (Lipinski definition) is 4. The van der Waals surface area contributed by atoms with Gasteiger partial charge in [0.05, 0.1) is 23.9 Å². The molecule has 0 bridgehead atoms. The summed E-state index contributed by atoms with van der Waals surface area (Å²) in [5, 5.41) is 5.43. The molecule has 1 aromatic heterocycles. The molecular formula is C26H33Cl2FN4O. The third-order valence-corrected chi connectivity index (χ3v) is 6.68. The van der Waals surface area contributed by atoms with Crippen LogP contribution in [-0.2, 0) is 0 Å². The van der Waals surface area contributed by atoms with Crippen LogP contribution in [-0.4, -0.2) is 28.4 Å². The maximum Gasteiger partial charge on any atom is 0.245 e. The first kappa shape index (κ1) is 26.3. The Balaban J connectivity index is 0.00000324. The number of hydrogen-bond donors (Lipinski definition) is 0. The number of methoxy groups -OCH3 is 1. The van der Waals surface area contributed by atoms with Gasteiger partial charge in [0.15, 0.2) is 0 Å². The molecule has 0 N–H and O–H groups in total. The number of benzene rings is 2. The molecule has 1 atom stereocenters. The summed E-state index contributed by atoms with van der Waals surface area (Å²) in [6.07, 6.45) is 4.36. The van der Waals surface area contributed by atoms with Crippen molar-refractivity contribution in [2.45, 2.75) is 59.4 Å². The SMILES string of the molecule is CCCN(c1nc(C)n(-c2cc(C)c(OC)cc2Cl)n1)[C@@H](CC1CC1)c1ccc(C)c(F)c1.Cl. The Bertz CT molecular complexity index is 1150. The van der Waals surface area contributed by atoms with Crippen LogP contribution in [0.4, 0.5) is 10.3 Å². The highest BCUT2D eigenvalue weighted by atomic mass is 35.5. The summed E-state index contributed by atoms with van der Waals surface area (Å²) < 4.78 is 21.7. The van der Waals surface area contributed by atoms with Crippen LogP contribution in [0.1, 0.15) is 61.2 Å². The topological polar surface area (TPSA) is 43.2 Å². The lowest BCUT2D eigenvalue weighted by Gasteiger charge is -2.31. The molecule has 184 valence electrons. The predicted molar refractivity (Wildman–Crippen MR) is 138 cm³/mol. The highest BCUT2D eigenvalue weighted by Gasteiger charge is 2.32. The second-order valence-corrected chi connectivity index (χ2v) is 9.45. The fourth-order valence-corrected chi connectivity index (χ4v) is 4.56. The van der Waals surface area contributed by atoms with Gasteiger partial charge in [-0.25, -0.2) is 9.07 Å². The minimum atomic E-state index is -0.167. The van der Waals surface area contributed by atoms with E-state index in [2.05, 4.69) is 11.8 Å². The van der Waals surface area contributed by atoms with E-state index in [1.54, 1.807) is 24.8 Å². The molecule has 0 unspecified atom stereocenters. The number of aromatic nitrogens is 3. The number of ether oxygens (including phenoxy) is 1. The zero-order chi connectivity index (χ0) is 23.7. The number of anilines is 1. The molecule has 1 saturated carbocycles. The molecular weight excluding hydrogens is 474 g/mol. The molecule has 0 radical (unpaired) electrons. The van der Waals surface area contributed by atoms with Crippen LogP contribution in [0, 0.1) is 32.5 Å². The summed E-state index contributed by atoms with van der Waals surface area (Å²) in [6.45, 7) is 8.63. The van der Waals surface area contributed by atoms with Gasteiger partial charge in [-0.2, -0.15) is 4.98 Å². The molecule has 2 aromatic carbocycles. The van der Waals surface area contributed by atoms with Crippen molar-refractivity contribution < 1.29 is 9.13 Å². The number of rotatable bonds is 9. The van der Waals surface area contributed by atoms with Gasteiger partial charge in [0.1, 0.15) is 17.4 Å².